The second-order valence-electron chi connectivity index (χ2n) is 7.64. The van der Waals surface area contributed by atoms with Gasteiger partial charge in [0, 0.05) is 30.7 Å². The molecule has 0 saturated carbocycles. The van der Waals surface area contributed by atoms with Crippen molar-refractivity contribution in [3.8, 4) is 0 Å². The van der Waals surface area contributed by atoms with Crippen LogP contribution in [-0.4, -0.2) is 15.0 Å². The van der Waals surface area contributed by atoms with Gasteiger partial charge < -0.3 is 10.6 Å². The minimum absolute atomic E-state index is 0.424. The van der Waals surface area contributed by atoms with Gasteiger partial charge in [-0.2, -0.15) is 0 Å². The molecule has 3 rings (SSSR count). The smallest absolute Gasteiger partial charge is 0.136 e. The lowest BCUT2D eigenvalue weighted by molar-refractivity contribution is 0.837. The van der Waals surface area contributed by atoms with Crippen LogP contribution < -0.4 is 10.6 Å². The number of nitrogens with one attached hydrogen (secondary N) is 2. The van der Waals surface area contributed by atoms with Crippen LogP contribution >= 0.6 is 0 Å². The lowest BCUT2D eigenvalue weighted by Crippen LogP contribution is -2.08. The van der Waals surface area contributed by atoms with Gasteiger partial charge in [-0.15, -0.1) is 0 Å². The minimum Gasteiger partial charge on any atom is -0.366 e. The van der Waals surface area contributed by atoms with E-state index in [0.29, 0.717) is 18.4 Å². The average Bonchev–Trinajstić information content (AvgIpc) is 2.66. The first-order valence-electron chi connectivity index (χ1n) is 9.82. The summed E-state index contributed by atoms with van der Waals surface area (Å²) < 4.78 is 0. The lowest BCUT2D eigenvalue weighted by atomic mass is 9.92. The minimum atomic E-state index is 0.424. The third-order valence-corrected chi connectivity index (χ3v) is 4.69. The fourth-order valence-corrected chi connectivity index (χ4v) is 3.24. The fourth-order valence-electron chi connectivity index (χ4n) is 3.24. The average molecular weight is 376 g/mol. The third kappa shape index (κ3) is 4.85. The molecule has 146 valence electrons. The first kappa shape index (κ1) is 19.8. The number of nitrogens with zero attached hydrogens (tertiary/aromatic N) is 3. The molecule has 0 unspecified atom stereocenters. The molecule has 0 spiro atoms. The maximum Gasteiger partial charge on any atom is 0.136 e. The van der Waals surface area contributed by atoms with Gasteiger partial charge in [-0.25, -0.2) is 9.97 Å². The van der Waals surface area contributed by atoms with Gasteiger partial charge in [0.15, 0.2) is 0 Å². The van der Waals surface area contributed by atoms with E-state index in [9.17, 15) is 0 Å². The zero-order chi connectivity index (χ0) is 20.1. The molecule has 28 heavy (non-hydrogen) atoms. The van der Waals surface area contributed by atoms with E-state index in [1.165, 1.54) is 11.1 Å². The van der Waals surface area contributed by atoms with Crippen molar-refractivity contribution in [3.63, 3.8) is 0 Å². The number of hydrogen-bond donors (Lipinski definition) is 2. The van der Waals surface area contributed by atoms with Crippen LogP contribution in [0.4, 0.5) is 17.3 Å². The van der Waals surface area contributed by atoms with E-state index in [4.69, 9.17) is 0 Å². The lowest BCUT2D eigenvalue weighted by Gasteiger charge is -2.21. The van der Waals surface area contributed by atoms with E-state index in [2.05, 4.69) is 71.5 Å². The highest BCUT2D eigenvalue weighted by Crippen LogP contribution is 2.34. The summed E-state index contributed by atoms with van der Waals surface area (Å²) >= 11 is 0. The molecule has 2 N–H and O–H groups in total. The van der Waals surface area contributed by atoms with Crippen LogP contribution in [0.5, 0.6) is 0 Å². The Labute approximate surface area is 167 Å². The molecular weight excluding hydrogens is 346 g/mol. The number of hydrogen-bond acceptors (Lipinski definition) is 5. The van der Waals surface area contributed by atoms with Crippen LogP contribution in [0, 0.1) is 6.92 Å². The first-order valence-corrected chi connectivity index (χ1v) is 9.82. The number of pyridine rings is 1. The Morgan fingerprint density at radius 3 is 2.07 bits per heavy atom. The predicted molar refractivity (Wildman–Crippen MR) is 116 cm³/mol. The molecule has 0 saturated heterocycles. The number of aromatic nitrogens is 3. The highest BCUT2D eigenvalue weighted by atomic mass is 15.1. The summed E-state index contributed by atoms with van der Waals surface area (Å²) in [5.74, 6) is 3.19. The standard InChI is InChI=1S/C23H29N5/c1-15(2)19-7-6-8-20(16(3)4)23(19)28-22-13-21(26-17(5)27-22)25-14-18-9-11-24-12-10-18/h6-13,15-16H,14H2,1-5H3,(H2,25,26,27,28). The first-order chi connectivity index (χ1) is 13.4. The van der Waals surface area contributed by atoms with Crippen LogP contribution in [0.1, 0.15) is 62.0 Å². The Kier molecular flexibility index (Phi) is 6.24. The normalized spacial score (nSPS) is 11.1. The maximum absolute atomic E-state index is 4.61. The SMILES string of the molecule is Cc1nc(NCc2ccncc2)cc(Nc2c(C(C)C)cccc2C(C)C)n1. The van der Waals surface area contributed by atoms with Crippen molar-refractivity contribution in [2.45, 2.75) is 53.0 Å². The van der Waals surface area contributed by atoms with Gasteiger partial charge in [0.1, 0.15) is 17.5 Å². The van der Waals surface area contributed by atoms with Crippen molar-refractivity contribution in [1.82, 2.24) is 15.0 Å². The molecule has 0 radical (unpaired) electrons. The summed E-state index contributed by atoms with van der Waals surface area (Å²) in [4.78, 5) is 13.2. The number of aryl methyl sites for hydroxylation is 1. The van der Waals surface area contributed by atoms with Crippen molar-refractivity contribution in [2.24, 2.45) is 0 Å². The van der Waals surface area contributed by atoms with Gasteiger partial charge in [-0.1, -0.05) is 45.9 Å². The monoisotopic (exact) mass is 375 g/mol. The molecule has 3 aromatic rings. The van der Waals surface area contributed by atoms with E-state index >= 15 is 0 Å². The zero-order valence-corrected chi connectivity index (χ0v) is 17.3. The molecule has 0 aliphatic rings. The Morgan fingerprint density at radius 1 is 0.857 bits per heavy atom. The van der Waals surface area contributed by atoms with Crippen LogP contribution in [0.25, 0.3) is 0 Å². The number of benzene rings is 1. The molecule has 1 aromatic carbocycles. The molecule has 0 fully saturated rings. The Balaban J connectivity index is 1.88. The molecule has 5 nitrogen and oxygen atoms in total. The largest absolute Gasteiger partial charge is 0.366 e. The van der Waals surface area contributed by atoms with Gasteiger partial charge in [-0.05, 0) is 47.6 Å². The Morgan fingerprint density at radius 2 is 1.46 bits per heavy atom. The second kappa shape index (κ2) is 8.83. The summed E-state index contributed by atoms with van der Waals surface area (Å²) in [6.07, 6.45) is 3.59. The van der Waals surface area contributed by atoms with E-state index in [1.807, 2.05) is 25.1 Å². The summed E-state index contributed by atoms with van der Waals surface area (Å²) in [6.45, 7) is 11.5. The van der Waals surface area contributed by atoms with Crippen molar-refractivity contribution in [1.29, 1.82) is 0 Å². The Bertz CT molecular complexity index is 893. The quantitative estimate of drug-likeness (QED) is 0.548. The van der Waals surface area contributed by atoms with Crippen LogP contribution in [0.2, 0.25) is 0 Å². The number of anilines is 3. The molecule has 5 heteroatoms. The van der Waals surface area contributed by atoms with Gasteiger partial charge in [-0.3, -0.25) is 4.98 Å². The number of rotatable bonds is 7. The van der Waals surface area contributed by atoms with Crippen molar-refractivity contribution in [3.05, 3.63) is 71.3 Å². The van der Waals surface area contributed by atoms with Gasteiger partial charge in [0.05, 0.1) is 0 Å². The van der Waals surface area contributed by atoms with E-state index in [0.717, 1.165) is 28.7 Å². The van der Waals surface area contributed by atoms with Crippen molar-refractivity contribution >= 4 is 17.3 Å². The molecule has 2 heterocycles. The van der Waals surface area contributed by atoms with Crippen LogP contribution in [0.15, 0.2) is 48.8 Å². The molecule has 0 amide bonds. The fraction of sp³-hybridized carbons (Fsp3) is 0.348. The topological polar surface area (TPSA) is 62.7 Å². The van der Waals surface area contributed by atoms with Crippen LogP contribution in [-0.2, 0) is 6.54 Å². The molecular formula is C23H29N5. The van der Waals surface area contributed by atoms with Gasteiger partial charge in [0.25, 0.3) is 0 Å². The molecule has 0 bridgehead atoms. The van der Waals surface area contributed by atoms with E-state index in [-0.39, 0.29) is 0 Å². The highest BCUT2D eigenvalue weighted by Gasteiger charge is 2.15. The molecule has 0 atom stereocenters. The summed E-state index contributed by atoms with van der Waals surface area (Å²) in [7, 11) is 0. The molecule has 0 aliphatic carbocycles. The molecule has 0 aliphatic heterocycles. The van der Waals surface area contributed by atoms with E-state index in [1.54, 1.807) is 12.4 Å². The van der Waals surface area contributed by atoms with Crippen LogP contribution in [0.3, 0.4) is 0 Å². The Hall–Kier alpha value is -2.95. The second-order valence-corrected chi connectivity index (χ2v) is 7.64. The third-order valence-electron chi connectivity index (χ3n) is 4.69. The van der Waals surface area contributed by atoms with E-state index < -0.39 is 0 Å². The molecule has 2 aromatic heterocycles. The zero-order valence-electron chi connectivity index (χ0n) is 17.3. The highest BCUT2D eigenvalue weighted by molar-refractivity contribution is 5.68. The predicted octanol–water partition coefficient (Wildman–Crippen LogP) is 5.78. The number of para-hydroxylation sites is 1. The van der Waals surface area contributed by atoms with Crippen molar-refractivity contribution < 1.29 is 0 Å². The summed E-state index contributed by atoms with van der Waals surface area (Å²) in [5.41, 5.74) is 4.92. The summed E-state index contributed by atoms with van der Waals surface area (Å²) in [5, 5.41) is 6.97. The maximum atomic E-state index is 4.61. The van der Waals surface area contributed by atoms with Crippen molar-refractivity contribution in [2.75, 3.05) is 10.6 Å². The summed E-state index contributed by atoms with van der Waals surface area (Å²) in [6, 6.07) is 12.5. The van der Waals surface area contributed by atoms with Gasteiger partial charge in [0.2, 0.25) is 0 Å². The van der Waals surface area contributed by atoms with Gasteiger partial charge >= 0.3 is 0 Å².